The molecule has 0 aliphatic carbocycles. The number of aromatic nitrogens is 1. The number of hydrogen-bond acceptors (Lipinski definition) is 6. The molecule has 7 nitrogen and oxygen atoms in total. The van der Waals surface area contributed by atoms with E-state index in [1.54, 1.807) is 24.4 Å². The predicted molar refractivity (Wildman–Crippen MR) is 132 cm³/mol. The van der Waals surface area contributed by atoms with Crippen LogP contribution in [0, 0.1) is 12.7 Å². The molecular formula is C27H27FN2O5. The summed E-state index contributed by atoms with van der Waals surface area (Å²) in [5, 5.41) is 13.2. The minimum Gasteiger partial charge on any atom is -0.497 e. The molecule has 0 radical (unpaired) electrons. The maximum absolute atomic E-state index is 14.0. The van der Waals surface area contributed by atoms with Crippen molar-refractivity contribution in [3.8, 4) is 17.2 Å². The van der Waals surface area contributed by atoms with Crippen molar-refractivity contribution in [2.45, 2.75) is 13.0 Å². The van der Waals surface area contributed by atoms with Gasteiger partial charge in [0, 0.05) is 58.2 Å². The molecule has 0 saturated carbocycles. The second kappa shape index (κ2) is 10.5. The summed E-state index contributed by atoms with van der Waals surface area (Å²) in [6, 6.07) is 14.1. The van der Waals surface area contributed by atoms with Crippen LogP contribution in [0.15, 0.2) is 60.8 Å². The lowest BCUT2D eigenvalue weighted by atomic mass is 9.95. The molecule has 1 aromatic heterocycles. The summed E-state index contributed by atoms with van der Waals surface area (Å²) in [5.74, 6) is 0.503. The van der Waals surface area contributed by atoms with Gasteiger partial charge in [-0.15, -0.1) is 0 Å². The first-order valence-corrected chi connectivity index (χ1v) is 11.1. The molecule has 0 fully saturated rings. The highest BCUT2D eigenvalue weighted by molar-refractivity contribution is 6.11. The first-order valence-electron chi connectivity index (χ1n) is 11.1. The van der Waals surface area contributed by atoms with Gasteiger partial charge in [0.15, 0.2) is 5.78 Å². The Morgan fingerprint density at radius 1 is 1.06 bits per heavy atom. The lowest BCUT2D eigenvalue weighted by Gasteiger charge is -2.22. The van der Waals surface area contributed by atoms with Crippen molar-refractivity contribution >= 4 is 22.4 Å². The molecule has 3 aromatic carbocycles. The number of nitrogens with one attached hydrogen (secondary N) is 2. The van der Waals surface area contributed by atoms with Gasteiger partial charge in [0.25, 0.3) is 0 Å². The topological polar surface area (TPSA) is 92.8 Å². The number of fused-ring (bicyclic) bond motifs is 1. The van der Waals surface area contributed by atoms with Crippen LogP contribution in [-0.4, -0.2) is 43.3 Å². The summed E-state index contributed by atoms with van der Waals surface area (Å²) < 4.78 is 30.3. The Morgan fingerprint density at radius 3 is 2.60 bits per heavy atom. The standard InChI is InChI=1S/C27H27FN2O5/c1-16-4-7-24-22(10-16)23(15-29-24)27(32)26(21-6-5-17(28)11-25(21)34-3)30-18-12-19(33-2)14-20(13-18)35-9-8-31/h4-7,10-15,26,29-31H,8-9H2,1-3H3. The number of carbonyl (C=O) groups is 1. The highest BCUT2D eigenvalue weighted by atomic mass is 19.1. The number of ether oxygens (including phenoxy) is 3. The fourth-order valence-electron chi connectivity index (χ4n) is 3.99. The predicted octanol–water partition coefficient (Wildman–Crippen LogP) is 5.04. The van der Waals surface area contributed by atoms with Crippen molar-refractivity contribution in [3.05, 3.63) is 83.3 Å². The van der Waals surface area contributed by atoms with E-state index in [4.69, 9.17) is 19.3 Å². The van der Waals surface area contributed by atoms with Crippen molar-refractivity contribution < 1.29 is 28.5 Å². The SMILES string of the molecule is COc1cc(NC(C(=O)c2c[nH]c3ccc(C)cc23)c2ccc(F)cc2OC)cc(OCCO)c1. The van der Waals surface area contributed by atoms with Crippen LogP contribution in [0.3, 0.4) is 0 Å². The zero-order chi connectivity index (χ0) is 24.9. The second-order valence-electron chi connectivity index (χ2n) is 8.05. The second-order valence-corrected chi connectivity index (χ2v) is 8.05. The summed E-state index contributed by atoms with van der Waals surface area (Å²) in [7, 11) is 2.95. The van der Waals surface area contributed by atoms with Gasteiger partial charge < -0.3 is 29.6 Å². The van der Waals surface area contributed by atoms with Gasteiger partial charge in [-0.1, -0.05) is 11.6 Å². The molecule has 4 rings (SSSR count). The number of aliphatic hydroxyl groups is 1. The van der Waals surface area contributed by atoms with E-state index in [1.165, 1.54) is 32.4 Å². The van der Waals surface area contributed by atoms with E-state index in [-0.39, 0.29) is 24.7 Å². The van der Waals surface area contributed by atoms with Crippen LogP contribution in [-0.2, 0) is 0 Å². The Hall–Kier alpha value is -4.04. The van der Waals surface area contributed by atoms with Gasteiger partial charge in [0.2, 0.25) is 0 Å². The molecule has 0 amide bonds. The number of benzene rings is 3. The van der Waals surface area contributed by atoms with E-state index in [0.717, 1.165) is 16.5 Å². The normalized spacial score (nSPS) is 11.8. The van der Waals surface area contributed by atoms with E-state index >= 15 is 0 Å². The van der Waals surface area contributed by atoms with E-state index in [1.807, 2.05) is 25.1 Å². The zero-order valence-electron chi connectivity index (χ0n) is 19.7. The fourth-order valence-corrected chi connectivity index (χ4v) is 3.99. The van der Waals surface area contributed by atoms with Crippen LogP contribution in [0.2, 0.25) is 0 Å². The Bertz CT molecular complexity index is 1350. The third-order valence-corrected chi connectivity index (χ3v) is 5.66. The number of aryl methyl sites for hydroxylation is 1. The summed E-state index contributed by atoms with van der Waals surface area (Å²) in [6.45, 7) is 1.92. The van der Waals surface area contributed by atoms with Gasteiger partial charge in [0.05, 0.1) is 20.8 Å². The van der Waals surface area contributed by atoms with Crippen molar-refractivity contribution in [2.75, 3.05) is 32.8 Å². The van der Waals surface area contributed by atoms with E-state index in [0.29, 0.717) is 28.3 Å². The third kappa shape index (κ3) is 5.22. The quantitative estimate of drug-likeness (QED) is 0.277. The fraction of sp³-hybridized carbons (Fsp3) is 0.222. The molecule has 0 bridgehead atoms. The number of rotatable bonds is 10. The molecule has 8 heteroatoms. The number of aliphatic hydroxyl groups excluding tert-OH is 1. The maximum Gasteiger partial charge on any atom is 0.191 e. The smallest absolute Gasteiger partial charge is 0.191 e. The number of methoxy groups -OCH3 is 2. The Balaban J connectivity index is 1.81. The molecule has 0 spiro atoms. The average molecular weight is 479 g/mol. The summed E-state index contributed by atoms with van der Waals surface area (Å²) in [5.41, 5.74) is 3.37. The Labute approximate surface area is 202 Å². The molecule has 3 N–H and O–H groups in total. The molecule has 35 heavy (non-hydrogen) atoms. The summed E-state index contributed by atoms with van der Waals surface area (Å²) in [6.07, 6.45) is 1.68. The minimum atomic E-state index is -0.914. The monoisotopic (exact) mass is 478 g/mol. The zero-order valence-corrected chi connectivity index (χ0v) is 19.7. The molecule has 0 aliphatic rings. The first kappa shape index (κ1) is 24.1. The molecule has 4 aromatic rings. The highest BCUT2D eigenvalue weighted by Gasteiger charge is 2.28. The van der Waals surface area contributed by atoms with Gasteiger partial charge in [-0.2, -0.15) is 0 Å². The lowest BCUT2D eigenvalue weighted by molar-refractivity contribution is 0.0970. The highest BCUT2D eigenvalue weighted by Crippen LogP contribution is 2.35. The number of H-pyrrole nitrogens is 1. The molecule has 1 unspecified atom stereocenters. The number of anilines is 1. The number of halogens is 1. The summed E-state index contributed by atoms with van der Waals surface area (Å²) >= 11 is 0. The number of ketones is 1. The Kier molecular flexibility index (Phi) is 7.22. The van der Waals surface area contributed by atoms with Gasteiger partial charge >= 0.3 is 0 Å². The van der Waals surface area contributed by atoms with Crippen LogP contribution in [0.4, 0.5) is 10.1 Å². The van der Waals surface area contributed by atoms with Gasteiger partial charge in [-0.25, -0.2) is 4.39 Å². The van der Waals surface area contributed by atoms with Crippen LogP contribution in [0.25, 0.3) is 10.9 Å². The van der Waals surface area contributed by atoms with E-state index in [2.05, 4.69) is 10.3 Å². The summed E-state index contributed by atoms with van der Waals surface area (Å²) in [4.78, 5) is 17.1. The number of hydrogen-bond donors (Lipinski definition) is 3. The van der Waals surface area contributed by atoms with Crippen molar-refractivity contribution in [2.24, 2.45) is 0 Å². The van der Waals surface area contributed by atoms with Crippen molar-refractivity contribution in [3.63, 3.8) is 0 Å². The van der Waals surface area contributed by atoms with E-state index in [9.17, 15) is 9.18 Å². The minimum absolute atomic E-state index is 0.107. The Morgan fingerprint density at radius 2 is 1.86 bits per heavy atom. The average Bonchev–Trinajstić information content (AvgIpc) is 3.28. The largest absolute Gasteiger partial charge is 0.497 e. The molecule has 1 atom stereocenters. The first-order chi connectivity index (χ1) is 16.9. The molecule has 182 valence electrons. The van der Waals surface area contributed by atoms with Gasteiger partial charge in [-0.05, 0) is 31.2 Å². The number of aromatic amines is 1. The van der Waals surface area contributed by atoms with Crippen LogP contribution in [0.5, 0.6) is 17.2 Å². The van der Waals surface area contributed by atoms with E-state index < -0.39 is 11.9 Å². The third-order valence-electron chi connectivity index (χ3n) is 5.66. The number of carbonyl (C=O) groups excluding carboxylic acids is 1. The van der Waals surface area contributed by atoms with Crippen molar-refractivity contribution in [1.82, 2.24) is 4.98 Å². The van der Waals surface area contributed by atoms with Crippen LogP contribution < -0.4 is 19.5 Å². The molecule has 1 heterocycles. The maximum atomic E-state index is 14.0. The van der Waals surface area contributed by atoms with Crippen LogP contribution >= 0.6 is 0 Å². The van der Waals surface area contributed by atoms with Crippen molar-refractivity contribution in [1.29, 1.82) is 0 Å². The van der Waals surface area contributed by atoms with Crippen LogP contribution in [0.1, 0.15) is 27.5 Å². The van der Waals surface area contributed by atoms with Gasteiger partial charge in [-0.3, -0.25) is 4.79 Å². The van der Waals surface area contributed by atoms with Gasteiger partial charge in [0.1, 0.15) is 35.7 Å². The lowest BCUT2D eigenvalue weighted by Crippen LogP contribution is -2.22. The number of Topliss-reactive ketones (excluding diaryl/α,β-unsaturated/α-hetero) is 1. The molecular weight excluding hydrogens is 451 g/mol. The molecule has 0 saturated heterocycles. The molecule has 0 aliphatic heterocycles.